The summed E-state index contributed by atoms with van der Waals surface area (Å²) in [7, 11) is 0. The van der Waals surface area contributed by atoms with Gasteiger partial charge in [-0.25, -0.2) is 0 Å². The zero-order chi connectivity index (χ0) is 14.0. The molecule has 0 bridgehead atoms. The van der Waals surface area contributed by atoms with Gasteiger partial charge in [-0.1, -0.05) is 17.7 Å². The van der Waals surface area contributed by atoms with Crippen LogP contribution in [0.1, 0.15) is 17.5 Å². The molecule has 0 saturated heterocycles. The lowest BCUT2D eigenvalue weighted by molar-refractivity contribution is -0.137. The molecule has 1 aliphatic heterocycles. The molecular weight excluding hydrogens is 279 g/mol. The van der Waals surface area contributed by atoms with Gasteiger partial charge in [-0.05, 0) is 41.8 Å². The molecule has 6 heteroatoms. The van der Waals surface area contributed by atoms with Crippen molar-refractivity contribution in [2.75, 3.05) is 19.7 Å². The molecule has 1 aliphatic rings. The maximum atomic E-state index is 12.8. The molecule has 0 fully saturated rings. The molecule has 0 saturated carbocycles. The number of alkyl halides is 3. The lowest BCUT2D eigenvalue weighted by atomic mass is 9.93. The Labute approximate surface area is 113 Å². The number of hydrogen-bond acceptors (Lipinski definition) is 2. The molecule has 0 aromatic heterocycles. The summed E-state index contributed by atoms with van der Waals surface area (Å²) in [5, 5.41) is 12.0. The van der Waals surface area contributed by atoms with Gasteiger partial charge in [-0.2, -0.15) is 13.2 Å². The minimum absolute atomic E-state index is 0.160. The van der Waals surface area contributed by atoms with Crippen molar-refractivity contribution in [1.82, 2.24) is 5.32 Å². The first-order valence-corrected chi connectivity index (χ1v) is 6.21. The second-order valence-corrected chi connectivity index (χ2v) is 4.77. The average Bonchev–Trinajstić information content (AvgIpc) is 2.38. The van der Waals surface area contributed by atoms with Crippen molar-refractivity contribution in [2.24, 2.45) is 0 Å². The lowest BCUT2D eigenvalue weighted by Gasteiger charge is -2.21. The van der Waals surface area contributed by atoms with Gasteiger partial charge in [0, 0.05) is 6.54 Å². The quantitative estimate of drug-likeness (QED) is 0.877. The number of aliphatic hydroxyl groups is 1. The highest BCUT2D eigenvalue weighted by molar-refractivity contribution is 6.31. The predicted molar refractivity (Wildman–Crippen MR) is 67.9 cm³/mol. The second kappa shape index (κ2) is 5.53. The largest absolute Gasteiger partial charge is 0.417 e. The summed E-state index contributed by atoms with van der Waals surface area (Å²) < 4.78 is 38.4. The summed E-state index contributed by atoms with van der Waals surface area (Å²) >= 11 is 5.59. The van der Waals surface area contributed by atoms with Crippen LogP contribution < -0.4 is 5.32 Å². The SMILES string of the molecule is OCC1=C(c2ccc(Cl)c(C(F)(F)F)c2)CCNC1. The molecule has 0 amide bonds. The van der Waals surface area contributed by atoms with Crippen molar-refractivity contribution >= 4 is 17.2 Å². The van der Waals surface area contributed by atoms with Gasteiger partial charge < -0.3 is 10.4 Å². The lowest BCUT2D eigenvalue weighted by Crippen LogP contribution is -2.26. The van der Waals surface area contributed by atoms with E-state index in [4.69, 9.17) is 11.6 Å². The molecule has 0 aliphatic carbocycles. The molecule has 0 spiro atoms. The first kappa shape index (κ1) is 14.4. The Hall–Kier alpha value is -1.04. The third-order valence-electron chi connectivity index (χ3n) is 3.13. The van der Waals surface area contributed by atoms with Gasteiger partial charge in [-0.3, -0.25) is 0 Å². The molecule has 2 nitrogen and oxygen atoms in total. The van der Waals surface area contributed by atoms with E-state index in [1.807, 2.05) is 0 Å². The summed E-state index contributed by atoms with van der Waals surface area (Å²) in [6.45, 7) is 1.02. The van der Waals surface area contributed by atoms with Crippen LogP contribution in [0.2, 0.25) is 5.02 Å². The molecule has 1 heterocycles. The normalized spacial score (nSPS) is 16.9. The van der Waals surface area contributed by atoms with Gasteiger partial charge in [0.15, 0.2) is 0 Å². The van der Waals surface area contributed by atoms with E-state index in [2.05, 4.69) is 5.32 Å². The number of aliphatic hydroxyl groups excluding tert-OH is 1. The van der Waals surface area contributed by atoms with Crippen molar-refractivity contribution < 1.29 is 18.3 Å². The van der Waals surface area contributed by atoms with Crippen LogP contribution in [-0.2, 0) is 6.18 Å². The minimum Gasteiger partial charge on any atom is -0.392 e. The fourth-order valence-corrected chi connectivity index (χ4v) is 2.39. The molecule has 19 heavy (non-hydrogen) atoms. The number of nitrogens with one attached hydrogen (secondary N) is 1. The molecule has 104 valence electrons. The van der Waals surface area contributed by atoms with E-state index >= 15 is 0 Å². The van der Waals surface area contributed by atoms with E-state index in [9.17, 15) is 18.3 Å². The van der Waals surface area contributed by atoms with E-state index in [-0.39, 0.29) is 11.6 Å². The Morgan fingerprint density at radius 1 is 1.32 bits per heavy atom. The van der Waals surface area contributed by atoms with Crippen molar-refractivity contribution in [2.45, 2.75) is 12.6 Å². The first-order valence-electron chi connectivity index (χ1n) is 5.83. The monoisotopic (exact) mass is 291 g/mol. The fraction of sp³-hybridized carbons (Fsp3) is 0.385. The van der Waals surface area contributed by atoms with Gasteiger partial charge >= 0.3 is 6.18 Å². The Morgan fingerprint density at radius 2 is 2.05 bits per heavy atom. The van der Waals surface area contributed by atoms with E-state index in [1.165, 1.54) is 6.07 Å². The van der Waals surface area contributed by atoms with Crippen LogP contribution in [0.5, 0.6) is 0 Å². The zero-order valence-corrected chi connectivity index (χ0v) is 10.8. The Balaban J connectivity index is 2.49. The number of hydrogen-bond donors (Lipinski definition) is 2. The van der Waals surface area contributed by atoms with Gasteiger partial charge in [-0.15, -0.1) is 0 Å². The summed E-state index contributed by atoms with van der Waals surface area (Å²) in [6.07, 6.45) is -3.88. The highest BCUT2D eigenvalue weighted by atomic mass is 35.5. The number of halogens is 4. The predicted octanol–water partition coefficient (Wildman–Crippen LogP) is 3.10. The van der Waals surface area contributed by atoms with Crippen LogP contribution in [-0.4, -0.2) is 24.8 Å². The van der Waals surface area contributed by atoms with Crippen LogP contribution in [0, 0.1) is 0 Å². The van der Waals surface area contributed by atoms with Crippen LogP contribution in [0.4, 0.5) is 13.2 Å². The highest BCUT2D eigenvalue weighted by Gasteiger charge is 2.33. The molecule has 1 aromatic carbocycles. The topological polar surface area (TPSA) is 32.3 Å². The van der Waals surface area contributed by atoms with Crippen molar-refractivity contribution in [3.8, 4) is 0 Å². The molecule has 1 aromatic rings. The Bertz CT molecular complexity index is 511. The van der Waals surface area contributed by atoms with E-state index in [0.717, 1.165) is 17.2 Å². The van der Waals surface area contributed by atoms with Gasteiger partial charge in [0.1, 0.15) is 0 Å². The minimum atomic E-state index is -4.47. The summed E-state index contributed by atoms with van der Waals surface area (Å²) in [5.41, 5.74) is 1.13. The number of benzene rings is 1. The summed E-state index contributed by atoms with van der Waals surface area (Å²) in [5.74, 6) is 0. The Kier molecular flexibility index (Phi) is 4.18. The third kappa shape index (κ3) is 3.11. The van der Waals surface area contributed by atoms with Crippen LogP contribution in [0.15, 0.2) is 23.8 Å². The molecular formula is C13H13ClF3NO. The van der Waals surface area contributed by atoms with E-state index in [1.54, 1.807) is 6.07 Å². The molecule has 0 atom stereocenters. The summed E-state index contributed by atoms with van der Waals surface area (Å²) in [6, 6.07) is 3.87. The van der Waals surface area contributed by atoms with Crippen molar-refractivity contribution in [1.29, 1.82) is 0 Å². The zero-order valence-electron chi connectivity index (χ0n) is 10.0. The molecule has 2 N–H and O–H groups in total. The molecule has 0 unspecified atom stereocenters. The van der Waals surface area contributed by atoms with Gasteiger partial charge in [0.05, 0.1) is 17.2 Å². The number of rotatable bonds is 2. The third-order valence-corrected chi connectivity index (χ3v) is 3.46. The van der Waals surface area contributed by atoms with Gasteiger partial charge in [0.25, 0.3) is 0 Å². The highest BCUT2D eigenvalue weighted by Crippen LogP contribution is 2.37. The molecule has 0 radical (unpaired) electrons. The Morgan fingerprint density at radius 3 is 2.68 bits per heavy atom. The smallest absolute Gasteiger partial charge is 0.392 e. The van der Waals surface area contributed by atoms with E-state index < -0.39 is 11.7 Å². The van der Waals surface area contributed by atoms with Crippen LogP contribution in [0.3, 0.4) is 0 Å². The van der Waals surface area contributed by atoms with Crippen molar-refractivity contribution in [3.05, 3.63) is 39.9 Å². The van der Waals surface area contributed by atoms with Crippen LogP contribution >= 0.6 is 11.6 Å². The van der Waals surface area contributed by atoms with Gasteiger partial charge in [0.2, 0.25) is 0 Å². The average molecular weight is 292 g/mol. The van der Waals surface area contributed by atoms with Crippen molar-refractivity contribution in [3.63, 3.8) is 0 Å². The molecule has 2 rings (SSSR count). The summed E-state index contributed by atoms with van der Waals surface area (Å²) in [4.78, 5) is 0. The van der Waals surface area contributed by atoms with Crippen LogP contribution in [0.25, 0.3) is 5.57 Å². The first-order chi connectivity index (χ1) is 8.93. The standard InChI is InChI=1S/C13H13ClF3NO/c14-12-2-1-8(5-11(12)13(15,16)17)10-3-4-18-6-9(10)7-19/h1-2,5,18-19H,3-4,6-7H2. The van der Waals surface area contributed by atoms with E-state index in [0.29, 0.717) is 25.1 Å². The second-order valence-electron chi connectivity index (χ2n) is 4.36. The maximum absolute atomic E-state index is 12.8. The maximum Gasteiger partial charge on any atom is 0.417 e. The fourth-order valence-electron chi connectivity index (χ4n) is 2.17.